The molecular weight excluding hydrogens is 402 g/mol. The van der Waals surface area contributed by atoms with Gasteiger partial charge in [0.2, 0.25) is 5.91 Å². The summed E-state index contributed by atoms with van der Waals surface area (Å²) >= 11 is 0. The molecule has 6 nitrogen and oxygen atoms in total. The van der Waals surface area contributed by atoms with E-state index in [1.54, 1.807) is 14.2 Å². The number of methoxy groups -OCH3 is 2. The fourth-order valence-corrected chi connectivity index (χ4v) is 4.12. The normalized spacial score (nSPS) is 15.1. The lowest BCUT2D eigenvalue weighted by molar-refractivity contribution is -0.121. The first kappa shape index (κ1) is 21.7. The Bertz CT molecular complexity index is 1030. The highest BCUT2D eigenvalue weighted by atomic mass is 16.5. The lowest BCUT2D eigenvalue weighted by Gasteiger charge is -2.39. The van der Waals surface area contributed by atoms with Gasteiger partial charge in [-0.05, 0) is 29.8 Å². The van der Waals surface area contributed by atoms with Crippen molar-refractivity contribution in [2.75, 3.05) is 50.6 Å². The Morgan fingerprint density at radius 1 is 0.812 bits per heavy atom. The summed E-state index contributed by atoms with van der Waals surface area (Å²) in [5, 5.41) is 3.08. The Hall–Kier alpha value is -3.51. The Morgan fingerprint density at radius 2 is 1.47 bits per heavy atom. The van der Waals surface area contributed by atoms with Gasteiger partial charge in [0.15, 0.2) is 0 Å². The average molecular weight is 432 g/mol. The lowest BCUT2D eigenvalue weighted by Crippen LogP contribution is -2.50. The highest BCUT2D eigenvalue weighted by Gasteiger charge is 2.30. The van der Waals surface area contributed by atoms with Crippen LogP contribution in [-0.2, 0) is 4.79 Å². The average Bonchev–Trinajstić information content (AvgIpc) is 2.85. The third-order valence-electron chi connectivity index (χ3n) is 5.80. The maximum absolute atomic E-state index is 13.4. The second kappa shape index (κ2) is 10.2. The van der Waals surface area contributed by atoms with Crippen LogP contribution in [0, 0.1) is 0 Å². The number of piperazine rings is 1. The zero-order valence-electron chi connectivity index (χ0n) is 18.5. The van der Waals surface area contributed by atoms with E-state index in [0.29, 0.717) is 5.75 Å². The van der Waals surface area contributed by atoms with Crippen molar-refractivity contribution in [1.29, 1.82) is 0 Å². The SMILES string of the molecule is COc1cccc(NC(=O)[C@@H](c2ccccc2)N2CCN(c3cccc(OC)c3)CC2)c1. The summed E-state index contributed by atoms with van der Waals surface area (Å²) in [6.45, 7) is 3.23. The van der Waals surface area contributed by atoms with Gasteiger partial charge in [0, 0.05) is 49.7 Å². The highest BCUT2D eigenvalue weighted by molar-refractivity contribution is 5.95. The summed E-state index contributed by atoms with van der Waals surface area (Å²) < 4.78 is 10.7. The van der Waals surface area contributed by atoms with E-state index in [2.05, 4.69) is 27.2 Å². The third kappa shape index (κ3) is 5.03. The summed E-state index contributed by atoms with van der Waals surface area (Å²) in [6.07, 6.45) is 0. The molecule has 1 saturated heterocycles. The van der Waals surface area contributed by atoms with Gasteiger partial charge in [-0.1, -0.05) is 42.5 Å². The van der Waals surface area contributed by atoms with Crippen LogP contribution >= 0.6 is 0 Å². The zero-order valence-corrected chi connectivity index (χ0v) is 18.5. The predicted molar refractivity (Wildman–Crippen MR) is 128 cm³/mol. The van der Waals surface area contributed by atoms with Crippen molar-refractivity contribution in [1.82, 2.24) is 4.90 Å². The molecule has 166 valence electrons. The van der Waals surface area contributed by atoms with Crippen molar-refractivity contribution >= 4 is 17.3 Å². The van der Waals surface area contributed by atoms with Gasteiger partial charge in [-0.3, -0.25) is 9.69 Å². The summed E-state index contributed by atoms with van der Waals surface area (Å²) in [4.78, 5) is 18.0. The molecule has 0 aliphatic carbocycles. The van der Waals surface area contributed by atoms with Gasteiger partial charge in [0.1, 0.15) is 17.5 Å². The Kier molecular flexibility index (Phi) is 6.92. The van der Waals surface area contributed by atoms with Crippen LogP contribution in [0.4, 0.5) is 11.4 Å². The van der Waals surface area contributed by atoms with E-state index < -0.39 is 0 Å². The standard InChI is InChI=1S/C26H29N3O3/c1-31-23-12-6-10-21(18-23)27-26(30)25(20-8-4-3-5-9-20)29-16-14-28(15-17-29)22-11-7-13-24(19-22)32-2/h3-13,18-19,25H,14-17H2,1-2H3,(H,27,30)/t25-/m1/s1. The number of amides is 1. The number of hydrogen-bond acceptors (Lipinski definition) is 5. The van der Waals surface area contributed by atoms with E-state index in [-0.39, 0.29) is 11.9 Å². The molecule has 1 atom stereocenters. The van der Waals surface area contributed by atoms with E-state index in [1.807, 2.05) is 66.7 Å². The van der Waals surface area contributed by atoms with E-state index in [0.717, 1.165) is 48.9 Å². The van der Waals surface area contributed by atoms with Crippen molar-refractivity contribution in [3.63, 3.8) is 0 Å². The second-order valence-corrected chi connectivity index (χ2v) is 7.76. The summed E-state index contributed by atoms with van der Waals surface area (Å²) in [7, 11) is 3.30. The number of nitrogens with zero attached hydrogens (tertiary/aromatic N) is 2. The van der Waals surface area contributed by atoms with Crippen LogP contribution in [0.2, 0.25) is 0 Å². The van der Waals surface area contributed by atoms with Crippen molar-refractivity contribution in [3.05, 3.63) is 84.4 Å². The number of benzene rings is 3. The Labute approximate surface area is 189 Å². The van der Waals surface area contributed by atoms with Crippen LogP contribution in [-0.4, -0.2) is 51.2 Å². The molecule has 1 N–H and O–H groups in total. The van der Waals surface area contributed by atoms with Gasteiger partial charge in [-0.15, -0.1) is 0 Å². The molecular formula is C26H29N3O3. The van der Waals surface area contributed by atoms with Crippen molar-refractivity contribution in [2.45, 2.75) is 6.04 Å². The van der Waals surface area contributed by atoms with Gasteiger partial charge in [0.25, 0.3) is 0 Å². The monoisotopic (exact) mass is 431 g/mol. The molecule has 0 saturated carbocycles. The molecule has 3 aromatic carbocycles. The molecule has 0 spiro atoms. The number of ether oxygens (including phenoxy) is 2. The molecule has 0 aromatic heterocycles. The first-order valence-corrected chi connectivity index (χ1v) is 10.8. The maximum atomic E-state index is 13.4. The minimum atomic E-state index is -0.366. The molecule has 0 radical (unpaired) electrons. The minimum absolute atomic E-state index is 0.0423. The third-order valence-corrected chi connectivity index (χ3v) is 5.80. The second-order valence-electron chi connectivity index (χ2n) is 7.76. The van der Waals surface area contributed by atoms with Gasteiger partial charge >= 0.3 is 0 Å². The highest BCUT2D eigenvalue weighted by Crippen LogP contribution is 2.28. The van der Waals surface area contributed by atoms with Crippen LogP contribution in [0.1, 0.15) is 11.6 Å². The number of nitrogens with one attached hydrogen (secondary N) is 1. The van der Waals surface area contributed by atoms with Crippen LogP contribution in [0.5, 0.6) is 11.5 Å². The van der Waals surface area contributed by atoms with E-state index in [4.69, 9.17) is 9.47 Å². The largest absolute Gasteiger partial charge is 0.497 e. The molecule has 3 aromatic rings. The molecule has 4 rings (SSSR count). The molecule has 1 aliphatic heterocycles. The molecule has 32 heavy (non-hydrogen) atoms. The quantitative estimate of drug-likeness (QED) is 0.608. The topological polar surface area (TPSA) is 54.0 Å². The molecule has 1 fully saturated rings. The van der Waals surface area contributed by atoms with Crippen molar-refractivity contribution in [3.8, 4) is 11.5 Å². The molecule has 1 amide bonds. The van der Waals surface area contributed by atoms with E-state index in [1.165, 1.54) is 0 Å². The summed E-state index contributed by atoms with van der Waals surface area (Å²) in [6, 6.07) is 25.2. The maximum Gasteiger partial charge on any atom is 0.246 e. The molecule has 0 bridgehead atoms. The van der Waals surface area contributed by atoms with Gasteiger partial charge < -0.3 is 19.7 Å². The number of carbonyl (C=O) groups is 1. The van der Waals surface area contributed by atoms with Crippen LogP contribution in [0.15, 0.2) is 78.9 Å². The summed E-state index contributed by atoms with van der Waals surface area (Å²) in [5.41, 5.74) is 2.86. The van der Waals surface area contributed by atoms with Gasteiger partial charge in [0.05, 0.1) is 14.2 Å². The smallest absolute Gasteiger partial charge is 0.246 e. The van der Waals surface area contributed by atoms with Crippen molar-refractivity contribution < 1.29 is 14.3 Å². The van der Waals surface area contributed by atoms with E-state index >= 15 is 0 Å². The lowest BCUT2D eigenvalue weighted by atomic mass is 10.0. The Balaban J connectivity index is 1.50. The van der Waals surface area contributed by atoms with E-state index in [9.17, 15) is 4.79 Å². The van der Waals surface area contributed by atoms with Gasteiger partial charge in [-0.25, -0.2) is 0 Å². The zero-order chi connectivity index (χ0) is 22.3. The fraction of sp³-hybridized carbons (Fsp3) is 0.269. The fourth-order valence-electron chi connectivity index (χ4n) is 4.12. The van der Waals surface area contributed by atoms with Gasteiger partial charge in [-0.2, -0.15) is 0 Å². The number of hydrogen-bond donors (Lipinski definition) is 1. The first-order chi connectivity index (χ1) is 15.7. The summed E-state index contributed by atoms with van der Waals surface area (Å²) in [5.74, 6) is 1.52. The predicted octanol–water partition coefficient (Wildman–Crippen LogP) is 4.21. The molecule has 1 aliphatic rings. The molecule has 0 unspecified atom stereocenters. The minimum Gasteiger partial charge on any atom is -0.497 e. The number of rotatable bonds is 7. The molecule has 1 heterocycles. The number of carbonyl (C=O) groups excluding carboxylic acids is 1. The first-order valence-electron chi connectivity index (χ1n) is 10.8. The molecule has 6 heteroatoms. The van der Waals surface area contributed by atoms with Crippen LogP contribution < -0.4 is 19.7 Å². The van der Waals surface area contributed by atoms with Crippen molar-refractivity contribution in [2.24, 2.45) is 0 Å². The Morgan fingerprint density at radius 3 is 2.16 bits per heavy atom. The number of anilines is 2. The van der Waals surface area contributed by atoms with Crippen LogP contribution in [0.3, 0.4) is 0 Å². The van der Waals surface area contributed by atoms with Crippen LogP contribution in [0.25, 0.3) is 0 Å².